The molecule has 24 heavy (non-hydrogen) atoms. The van der Waals surface area contributed by atoms with E-state index in [9.17, 15) is 18.3 Å². The summed E-state index contributed by atoms with van der Waals surface area (Å²) in [6.45, 7) is 0.170. The maximum Gasteiger partial charge on any atom is 0.433 e. The molecule has 1 N–H and O–H groups in total. The number of aromatic nitrogens is 2. The van der Waals surface area contributed by atoms with Gasteiger partial charge >= 0.3 is 6.18 Å². The average molecular weight is 339 g/mol. The number of aliphatic hydroxyl groups is 1. The Balaban J connectivity index is 1.96. The second kappa shape index (κ2) is 6.27. The van der Waals surface area contributed by atoms with E-state index in [0.29, 0.717) is 12.2 Å². The summed E-state index contributed by atoms with van der Waals surface area (Å²) in [6.07, 6.45) is -3.74. The fourth-order valence-corrected chi connectivity index (χ4v) is 2.84. The summed E-state index contributed by atoms with van der Waals surface area (Å²) in [4.78, 5) is 9.18. The zero-order valence-electron chi connectivity index (χ0n) is 12.9. The highest BCUT2D eigenvalue weighted by Crippen LogP contribution is 2.37. The highest BCUT2D eigenvalue weighted by Gasteiger charge is 2.37. The molecular formula is C16H16F3N3O2. The van der Waals surface area contributed by atoms with Crippen molar-refractivity contribution < 1.29 is 23.0 Å². The van der Waals surface area contributed by atoms with Crippen molar-refractivity contribution >= 4 is 5.95 Å². The molecule has 5 nitrogen and oxygen atoms in total. The molecule has 0 aliphatic carbocycles. The number of halogens is 3. The molecule has 1 aliphatic rings. The predicted octanol–water partition coefficient (Wildman–Crippen LogP) is 2.82. The van der Waals surface area contributed by atoms with E-state index in [2.05, 4.69) is 9.97 Å². The van der Waals surface area contributed by atoms with Crippen LogP contribution in [0.4, 0.5) is 19.1 Å². The number of hydrogen-bond donors (Lipinski definition) is 1. The average Bonchev–Trinajstić information content (AvgIpc) is 2.96. The van der Waals surface area contributed by atoms with E-state index < -0.39 is 18.0 Å². The molecule has 3 rings (SSSR count). The third kappa shape index (κ3) is 3.28. The van der Waals surface area contributed by atoms with Gasteiger partial charge in [0.15, 0.2) is 0 Å². The number of benzene rings is 1. The molecule has 1 aromatic heterocycles. The summed E-state index contributed by atoms with van der Waals surface area (Å²) in [6, 6.07) is 7.72. The first-order valence-electron chi connectivity index (χ1n) is 7.37. The number of rotatable bonds is 3. The van der Waals surface area contributed by atoms with Crippen molar-refractivity contribution in [3.05, 3.63) is 47.8 Å². The van der Waals surface area contributed by atoms with Gasteiger partial charge in [-0.2, -0.15) is 13.2 Å². The van der Waals surface area contributed by atoms with Crippen LogP contribution in [0.1, 0.15) is 23.7 Å². The van der Waals surface area contributed by atoms with Gasteiger partial charge in [-0.1, -0.05) is 12.1 Å². The SMILES string of the molecule is COc1cccc([C@H]2C[C@H](O)CN2c2nccc(C(F)(F)F)n2)c1. The van der Waals surface area contributed by atoms with Crippen molar-refractivity contribution in [3.63, 3.8) is 0 Å². The Labute approximate surface area is 136 Å². The maximum atomic E-state index is 12.9. The lowest BCUT2D eigenvalue weighted by Crippen LogP contribution is -2.27. The predicted molar refractivity (Wildman–Crippen MR) is 80.7 cm³/mol. The Morgan fingerprint density at radius 1 is 1.29 bits per heavy atom. The van der Waals surface area contributed by atoms with Crippen LogP contribution < -0.4 is 9.64 Å². The smallest absolute Gasteiger partial charge is 0.433 e. The maximum absolute atomic E-state index is 12.9. The fourth-order valence-electron chi connectivity index (χ4n) is 2.84. The van der Waals surface area contributed by atoms with Crippen molar-refractivity contribution in [2.75, 3.05) is 18.6 Å². The van der Waals surface area contributed by atoms with Gasteiger partial charge in [-0.3, -0.25) is 0 Å². The summed E-state index contributed by atoms with van der Waals surface area (Å²) >= 11 is 0. The van der Waals surface area contributed by atoms with E-state index in [0.717, 1.165) is 17.8 Å². The van der Waals surface area contributed by atoms with E-state index in [4.69, 9.17) is 4.74 Å². The molecule has 2 aromatic rings. The third-order valence-electron chi connectivity index (χ3n) is 3.95. The van der Waals surface area contributed by atoms with Crippen molar-refractivity contribution in [3.8, 4) is 5.75 Å². The van der Waals surface area contributed by atoms with Crippen LogP contribution in [0.15, 0.2) is 36.5 Å². The van der Waals surface area contributed by atoms with E-state index in [1.807, 2.05) is 6.07 Å². The van der Waals surface area contributed by atoms with Crippen LogP contribution >= 0.6 is 0 Å². The van der Waals surface area contributed by atoms with Gasteiger partial charge in [0.2, 0.25) is 5.95 Å². The second-order valence-electron chi connectivity index (χ2n) is 5.57. The summed E-state index contributed by atoms with van der Waals surface area (Å²) in [5.74, 6) is 0.591. The number of β-amino-alcohol motifs (C(OH)–C–C–N with tert-alkyl or cyclic N) is 1. The highest BCUT2D eigenvalue weighted by atomic mass is 19.4. The first kappa shape index (κ1) is 16.5. The van der Waals surface area contributed by atoms with Gasteiger partial charge in [-0.25, -0.2) is 9.97 Å². The number of anilines is 1. The van der Waals surface area contributed by atoms with Gasteiger partial charge in [-0.15, -0.1) is 0 Å². The molecule has 0 unspecified atom stereocenters. The van der Waals surface area contributed by atoms with E-state index in [1.54, 1.807) is 23.1 Å². The van der Waals surface area contributed by atoms with Crippen molar-refractivity contribution in [2.45, 2.75) is 24.7 Å². The fraction of sp³-hybridized carbons (Fsp3) is 0.375. The number of aliphatic hydroxyl groups excluding tert-OH is 1. The Morgan fingerprint density at radius 3 is 2.79 bits per heavy atom. The Morgan fingerprint density at radius 2 is 2.08 bits per heavy atom. The van der Waals surface area contributed by atoms with Crippen molar-refractivity contribution in [2.24, 2.45) is 0 Å². The Kier molecular flexibility index (Phi) is 4.31. The van der Waals surface area contributed by atoms with Gasteiger partial charge in [0, 0.05) is 12.7 Å². The molecule has 0 radical (unpaired) electrons. The summed E-state index contributed by atoms with van der Waals surface area (Å²) in [5.41, 5.74) is -0.176. The molecule has 0 bridgehead atoms. The van der Waals surface area contributed by atoms with Crippen LogP contribution in [0.5, 0.6) is 5.75 Å². The third-order valence-corrected chi connectivity index (χ3v) is 3.95. The lowest BCUT2D eigenvalue weighted by atomic mass is 10.0. The van der Waals surface area contributed by atoms with Crippen molar-refractivity contribution in [1.29, 1.82) is 0 Å². The van der Waals surface area contributed by atoms with Crippen LogP contribution in [0.25, 0.3) is 0 Å². The minimum Gasteiger partial charge on any atom is -0.497 e. The van der Waals surface area contributed by atoms with Crippen LogP contribution in [-0.4, -0.2) is 34.8 Å². The van der Waals surface area contributed by atoms with Crippen LogP contribution in [0, 0.1) is 0 Å². The normalized spacial score (nSPS) is 21.1. The Bertz CT molecular complexity index is 724. The number of alkyl halides is 3. The lowest BCUT2D eigenvalue weighted by molar-refractivity contribution is -0.141. The van der Waals surface area contributed by atoms with Crippen LogP contribution in [0.3, 0.4) is 0 Å². The molecular weight excluding hydrogens is 323 g/mol. The molecule has 128 valence electrons. The lowest BCUT2D eigenvalue weighted by Gasteiger charge is -2.25. The van der Waals surface area contributed by atoms with Crippen molar-refractivity contribution in [1.82, 2.24) is 9.97 Å². The molecule has 8 heteroatoms. The molecule has 0 saturated carbocycles. The Hall–Kier alpha value is -2.35. The van der Waals surface area contributed by atoms with E-state index in [1.165, 1.54) is 7.11 Å². The highest BCUT2D eigenvalue weighted by molar-refractivity contribution is 5.42. The van der Waals surface area contributed by atoms with Crippen LogP contribution in [-0.2, 0) is 6.18 Å². The van der Waals surface area contributed by atoms with E-state index in [-0.39, 0.29) is 18.5 Å². The minimum atomic E-state index is -4.54. The first-order valence-corrected chi connectivity index (χ1v) is 7.37. The molecule has 2 atom stereocenters. The first-order chi connectivity index (χ1) is 11.4. The zero-order valence-corrected chi connectivity index (χ0v) is 12.9. The van der Waals surface area contributed by atoms with Crippen LogP contribution in [0.2, 0.25) is 0 Å². The summed E-state index contributed by atoms with van der Waals surface area (Å²) in [5, 5.41) is 10.00. The summed E-state index contributed by atoms with van der Waals surface area (Å²) < 4.78 is 43.8. The number of ether oxygens (including phenoxy) is 1. The topological polar surface area (TPSA) is 58.5 Å². The molecule has 1 aliphatic heterocycles. The van der Waals surface area contributed by atoms with Gasteiger partial charge in [0.1, 0.15) is 11.4 Å². The molecule has 2 heterocycles. The minimum absolute atomic E-state index is 0.0470. The standard InChI is InChI=1S/C16H16F3N3O2/c1-24-12-4-2-3-10(7-12)13-8-11(23)9-22(13)15-20-6-5-14(21-15)16(17,18)19/h2-7,11,13,23H,8-9H2,1H3/t11-,13+/m0/s1. The second-order valence-corrected chi connectivity index (χ2v) is 5.57. The molecule has 0 spiro atoms. The summed E-state index contributed by atoms with van der Waals surface area (Å²) in [7, 11) is 1.54. The van der Waals surface area contributed by atoms with Gasteiger partial charge < -0.3 is 14.7 Å². The van der Waals surface area contributed by atoms with E-state index >= 15 is 0 Å². The molecule has 0 amide bonds. The quantitative estimate of drug-likeness (QED) is 0.932. The number of methoxy groups -OCH3 is 1. The molecule has 1 aromatic carbocycles. The largest absolute Gasteiger partial charge is 0.497 e. The van der Waals surface area contributed by atoms with Gasteiger partial charge in [-0.05, 0) is 30.2 Å². The zero-order chi connectivity index (χ0) is 17.3. The van der Waals surface area contributed by atoms with Gasteiger partial charge in [0.25, 0.3) is 0 Å². The molecule has 1 saturated heterocycles. The number of hydrogen-bond acceptors (Lipinski definition) is 5. The molecule has 1 fully saturated rings. The van der Waals surface area contributed by atoms with Gasteiger partial charge in [0.05, 0.1) is 19.3 Å². The number of nitrogens with zero attached hydrogens (tertiary/aromatic N) is 3. The monoisotopic (exact) mass is 339 g/mol.